The summed E-state index contributed by atoms with van der Waals surface area (Å²) in [6, 6.07) is 21.9. The van der Waals surface area contributed by atoms with Crippen molar-refractivity contribution < 1.29 is 19.1 Å². The van der Waals surface area contributed by atoms with Crippen LogP contribution in [0.1, 0.15) is 48.6 Å². The van der Waals surface area contributed by atoms with Gasteiger partial charge in [0.15, 0.2) is 0 Å². The zero-order chi connectivity index (χ0) is 27.2. The van der Waals surface area contributed by atoms with Gasteiger partial charge in [0, 0.05) is 24.6 Å². The molecular formula is C31H33FN4O3. The second-order valence-electron chi connectivity index (χ2n) is 10.1. The topological polar surface area (TPSA) is 96.2 Å². The number of nitrogens with one attached hydrogen (secondary N) is 2. The van der Waals surface area contributed by atoms with E-state index in [9.17, 15) is 19.1 Å². The highest BCUT2D eigenvalue weighted by molar-refractivity contribution is 5.94. The second kappa shape index (κ2) is 12.2. The number of hydrogen-bond donors (Lipinski definition) is 3. The molecule has 3 N–H and O–H groups in total. The molecule has 39 heavy (non-hydrogen) atoms. The SMILES string of the molecule is O=C(CNC(=O)[C@@H]1CCCC[C@H]1c1ccc(Cn2c(CCO)nc3ccccc32)cc1)Nc1ccc(F)cc1. The van der Waals surface area contributed by atoms with Crippen molar-refractivity contribution in [1.82, 2.24) is 14.9 Å². The van der Waals surface area contributed by atoms with Gasteiger partial charge in [-0.15, -0.1) is 0 Å². The molecular weight excluding hydrogens is 495 g/mol. The van der Waals surface area contributed by atoms with Gasteiger partial charge in [-0.25, -0.2) is 9.37 Å². The number of imidazole rings is 1. The van der Waals surface area contributed by atoms with Gasteiger partial charge in [0.25, 0.3) is 0 Å². The van der Waals surface area contributed by atoms with E-state index in [2.05, 4.69) is 39.5 Å². The number of nitrogens with zero attached hydrogens (tertiary/aromatic N) is 2. The van der Waals surface area contributed by atoms with Gasteiger partial charge < -0.3 is 20.3 Å². The first-order valence-electron chi connectivity index (χ1n) is 13.5. The molecule has 0 saturated heterocycles. The largest absolute Gasteiger partial charge is 0.396 e. The Morgan fingerprint density at radius 1 is 0.974 bits per heavy atom. The van der Waals surface area contributed by atoms with Crippen LogP contribution < -0.4 is 10.6 Å². The highest BCUT2D eigenvalue weighted by Gasteiger charge is 2.32. The molecule has 2 amide bonds. The minimum atomic E-state index is -0.376. The van der Waals surface area contributed by atoms with E-state index in [0.29, 0.717) is 18.7 Å². The average molecular weight is 529 g/mol. The number of halogens is 1. The molecule has 0 spiro atoms. The van der Waals surface area contributed by atoms with E-state index in [1.54, 1.807) is 0 Å². The maximum atomic E-state index is 13.1. The first-order chi connectivity index (χ1) is 19.0. The van der Waals surface area contributed by atoms with E-state index in [1.807, 2.05) is 24.3 Å². The quantitative estimate of drug-likeness (QED) is 0.291. The number of rotatable bonds is 9. The third-order valence-electron chi connectivity index (χ3n) is 7.47. The molecule has 0 aliphatic heterocycles. The summed E-state index contributed by atoms with van der Waals surface area (Å²) in [7, 11) is 0. The van der Waals surface area contributed by atoms with Crippen LogP contribution in [0, 0.1) is 11.7 Å². The third kappa shape index (κ3) is 6.34. The summed E-state index contributed by atoms with van der Waals surface area (Å²) in [6.45, 7) is 0.558. The molecule has 0 bridgehead atoms. The summed E-state index contributed by atoms with van der Waals surface area (Å²) in [5.74, 6) is -0.0885. The molecule has 1 aliphatic carbocycles. The van der Waals surface area contributed by atoms with Gasteiger partial charge in [-0.3, -0.25) is 9.59 Å². The molecule has 1 aromatic heterocycles. The smallest absolute Gasteiger partial charge is 0.243 e. The van der Waals surface area contributed by atoms with E-state index >= 15 is 0 Å². The summed E-state index contributed by atoms with van der Waals surface area (Å²) >= 11 is 0. The van der Waals surface area contributed by atoms with Crippen LogP contribution in [0.4, 0.5) is 10.1 Å². The number of amides is 2. The number of hydrogen-bond acceptors (Lipinski definition) is 4. The second-order valence-corrected chi connectivity index (χ2v) is 10.1. The molecule has 202 valence electrons. The van der Waals surface area contributed by atoms with Crippen molar-refractivity contribution in [3.8, 4) is 0 Å². The molecule has 1 aliphatic rings. The van der Waals surface area contributed by atoms with Gasteiger partial charge in [0.1, 0.15) is 11.6 Å². The molecule has 1 saturated carbocycles. The van der Waals surface area contributed by atoms with E-state index in [1.165, 1.54) is 24.3 Å². The Morgan fingerprint density at radius 2 is 1.72 bits per heavy atom. The number of carbonyl (C=O) groups is 2. The van der Waals surface area contributed by atoms with Crippen LogP contribution in [0.5, 0.6) is 0 Å². The van der Waals surface area contributed by atoms with Crippen molar-refractivity contribution >= 4 is 28.5 Å². The highest BCUT2D eigenvalue weighted by Crippen LogP contribution is 2.38. The highest BCUT2D eigenvalue weighted by atomic mass is 19.1. The number of anilines is 1. The minimum Gasteiger partial charge on any atom is -0.396 e. The lowest BCUT2D eigenvalue weighted by Gasteiger charge is -2.31. The normalized spacial score (nSPS) is 17.2. The van der Waals surface area contributed by atoms with Crippen molar-refractivity contribution in [3.63, 3.8) is 0 Å². The first kappa shape index (κ1) is 26.6. The van der Waals surface area contributed by atoms with E-state index in [0.717, 1.165) is 53.7 Å². The molecule has 4 aromatic rings. The van der Waals surface area contributed by atoms with Crippen molar-refractivity contribution in [2.24, 2.45) is 5.92 Å². The number of fused-ring (bicyclic) bond motifs is 1. The minimum absolute atomic E-state index is 0.0429. The fourth-order valence-corrected chi connectivity index (χ4v) is 5.53. The first-order valence-corrected chi connectivity index (χ1v) is 13.5. The zero-order valence-corrected chi connectivity index (χ0v) is 21.8. The predicted molar refractivity (Wildman–Crippen MR) is 149 cm³/mol. The molecule has 0 radical (unpaired) electrons. The average Bonchev–Trinajstić information content (AvgIpc) is 3.30. The fourth-order valence-electron chi connectivity index (χ4n) is 5.53. The number of carbonyl (C=O) groups excluding carboxylic acids is 2. The van der Waals surface area contributed by atoms with Crippen LogP contribution in [0.15, 0.2) is 72.8 Å². The summed E-state index contributed by atoms with van der Waals surface area (Å²) in [4.78, 5) is 30.1. The standard InChI is InChI=1S/C31H33FN4O3/c32-23-13-15-24(16-14-23)34-30(38)19-33-31(39)26-6-2-1-5-25(26)22-11-9-21(10-12-22)20-36-28-8-4-3-7-27(28)35-29(36)17-18-37/h3-4,7-16,25-26,37H,1-2,5-6,17-20H2,(H,33,39)(H,34,38)/t25-,26+/m0/s1. The lowest BCUT2D eigenvalue weighted by atomic mass is 9.75. The summed E-state index contributed by atoms with van der Waals surface area (Å²) in [5, 5.41) is 15.0. The van der Waals surface area contributed by atoms with Gasteiger partial charge >= 0.3 is 0 Å². The number of para-hydroxylation sites is 2. The Labute approximate surface area is 227 Å². The maximum absolute atomic E-state index is 13.1. The van der Waals surface area contributed by atoms with Crippen LogP contribution in [0.2, 0.25) is 0 Å². The van der Waals surface area contributed by atoms with Gasteiger partial charge in [-0.05, 0) is 66.3 Å². The van der Waals surface area contributed by atoms with Gasteiger partial charge in [0.05, 0.1) is 24.2 Å². The van der Waals surface area contributed by atoms with Crippen molar-refractivity contribution in [1.29, 1.82) is 0 Å². The van der Waals surface area contributed by atoms with Crippen molar-refractivity contribution in [3.05, 3.63) is 95.6 Å². The van der Waals surface area contributed by atoms with Crippen molar-refractivity contribution in [2.75, 3.05) is 18.5 Å². The molecule has 7 nitrogen and oxygen atoms in total. The number of benzene rings is 3. The third-order valence-corrected chi connectivity index (χ3v) is 7.47. The maximum Gasteiger partial charge on any atom is 0.243 e. The van der Waals surface area contributed by atoms with E-state index < -0.39 is 0 Å². The Bertz CT molecular complexity index is 1430. The fraction of sp³-hybridized carbons (Fsp3) is 0.323. The van der Waals surface area contributed by atoms with Crippen LogP contribution >= 0.6 is 0 Å². The number of aliphatic hydroxyl groups is 1. The summed E-state index contributed by atoms with van der Waals surface area (Å²) < 4.78 is 15.2. The molecule has 8 heteroatoms. The molecule has 1 heterocycles. The predicted octanol–water partition coefficient (Wildman–Crippen LogP) is 4.79. The number of aliphatic hydroxyl groups excluding tert-OH is 1. The number of aromatic nitrogens is 2. The van der Waals surface area contributed by atoms with Crippen LogP contribution in [-0.2, 0) is 22.6 Å². The van der Waals surface area contributed by atoms with E-state index in [4.69, 9.17) is 4.98 Å². The monoisotopic (exact) mass is 528 g/mol. The van der Waals surface area contributed by atoms with Gasteiger partial charge in [-0.1, -0.05) is 49.2 Å². The van der Waals surface area contributed by atoms with E-state index in [-0.39, 0.29) is 42.6 Å². The zero-order valence-electron chi connectivity index (χ0n) is 21.8. The van der Waals surface area contributed by atoms with Crippen LogP contribution in [0.25, 0.3) is 11.0 Å². The Hall–Kier alpha value is -4.04. The van der Waals surface area contributed by atoms with Crippen molar-refractivity contribution in [2.45, 2.75) is 44.6 Å². The Kier molecular flexibility index (Phi) is 8.32. The molecule has 1 fully saturated rings. The summed E-state index contributed by atoms with van der Waals surface area (Å²) in [6.07, 6.45) is 4.24. The molecule has 0 unspecified atom stereocenters. The van der Waals surface area contributed by atoms with Crippen LogP contribution in [-0.4, -0.2) is 39.6 Å². The lowest BCUT2D eigenvalue weighted by Crippen LogP contribution is -2.39. The Balaban J connectivity index is 1.24. The van der Waals surface area contributed by atoms with Crippen LogP contribution in [0.3, 0.4) is 0 Å². The van der Waals surface area contributed by atoms with Gasteiger partial charge in [0.2, 0.25) is 11.8 Å². The van der Waals surface area contributed by atoms with Gasteiger partial charge in [-0.2, -0.15) is 0 Å². The lowest BCUT2D eigenvalue weighted by molar-refractivity contribution is -0.128. The molecule has 3 aromatic carbocycles. The molecule has 5 rings (SSSR count). The molecule has 2 atom stereocenters. The summed E-state index contributed by atoms with van der Waals surface area (Å²) in [5.41, 5.74) is 4.69. The Morgan fingerprint density at radius 3 is 2.49 bits per heavy atom.